The highest BCUT2D eigenvalue weighted by atomic mass is 79.9. The van der Waals surface area contributed by atoms with Crippen LogP contribution in [0.3, 0.4) is 0 Å². The summed E-state index contributed by atoms with van der Waals surface area (Å²) in [4.78, 5) is 25.7. The number of methoxy groups -OCH3 is 1. The summed E-state index contributed by atoms with van der Waals surface area (Å²) in [5.41, 5.74) is 1.51. The van der Waals surface area contributed by atoms with Crippen LogP contribution in [0.5, 0.6) is 5.75 Å². The minimum absolute atomic E-state index is 0.129. The minimum Gasteiger partial charge on any atom is -0.484 e. The van der Waals surface area contributed by atoms with Crippen molar-refractivity contribution in [1.29, 1.82) is 0 Å². The van der Waals surface area contributed by atoms with Gasteiger partial charge in [0.15, 0.2) is 6.61 Å². The molecule has 1 heterocycles. The molecule has 0 saturated heterocycles. The number of rotatable bonds is 5. The van der Waals surface area contributed by atoms with Crippen molar-refractivity contribution in [3.05, 3.63) is 44.7 Å². The number of esters is 1. The number of halogens is 1. The van der Waals surface area contributed by atoms with Gasteiger partial charge in [-0.25, -0.2) is 4.79 Å². The first kappa shape index (κ1) is 18.9. The monoisotopic (exact) mass is 437 g/mol. The molecule has 1 N–H and O–H groups in total. The molecular weight excluding hydrogens is 418 g/mol. The molecule has 1 aliphatic carbocycles. The average Bonchev–Trinajstić information content (AvgIpc) is 2.96. The lowest BCUT2D eigenvalue weighted by molar-refractivity contribution is -0.118. The van der Waals surface area contributed by atoms with Crippen LogP contribution in [0.2, 0.25) is 0 Å². The summed E-state index contributed by atoms with van der Waals surface area (Å²) in [6, 6.07) is 7.29. The number of thiophene rings is 1. The SMILES string of the molecule is COC(=O)c1c(NC(=O)COc2cccc(Br)c2)sc2c1CC[C@@H](C)C2. The van der Waals surface area contributed by atoms with E-state index in [0.717, 1.165) is 34.2 Å². The fourth-order valence-electron chi connectivity index (χ4n) is 3.03. The van der Waals surface area contributed by atoms with Crippen molar-refractivity contribution >= 4 is 44.1 Å². The van der Waals surface area contributed by atoms with Crippen molar-refractivity contribution in [2.75, 3.05) is 19.0 Å². The molecule has 0 unspecified atom stereocenters. The largest absolute Gasteiger partial charge is 0.484 e. The van der Waals surface area contributed by atoms with Crippen LogP contribution in [-0.4, -0.2) is 25.6 Å². The van der Waals surface area contributed by atoms with Crippen LogP contribution in [0.4, 0.5) is 5.00 Å². The second-order valence-corrected chi connectivity index (χ2v) is 8.36. The molecule has 1 aromatic carbocycles. The average molecular weight is 438 g/mol. The van der Waals surface area contributed by atoms with Crippen molar-refractivity contribution in [2.45, 2.75) is 26.2 Å². The zero-order valence-electron chi connectivity index (χ0n) is 14.6. The third-order valence-electron chi connectivity index (χ3n) is 4.32. The van der Waals surface area contributed by atoms with Crippen molar-refractivity contribution in [3.63, 3.8) is 0 Å². The normalized spacial score (nSPS) is 15.9. The molecule has 1 aromatic heterocycles. The first-order chi connectivity index (χ1) is 12.5. The van der Waals surface area contributed by atoms with Gasteiger partial charge in [0, 0.05) is 9.35 Å². The van der Waals surface area contributed by atoms with Gasteiger partial charge in [0.2, 0.25) is 0 Å². The number of carbonyl (C=O) groups excluding carboxylic acids is 2. The standard InChI is InChI=1S/C19H20BrNO4S/c1-11-6-7-14-15(8-11)26-18(17(14)19(23)24-2)21-16(22)10-25-13-5-3-4-12(20)9-13/h3-5,9,11H,6-8,10H2,1-2H3,(H,21,22)/t11-/m1/s1. The van der Waals surface area contributed by atoms with E-state index in [-0.39, 0.29) is 12.5 Å². The lowest BCUT2D eigenvalue weighted by atomic mass is 9.88. The van der Waals surface area contributed by atoms with Gasteiger partial charge in [-0.3, -0.25) is 4.79 Å². The molecule has 0 aliphatic heterocycles. The van der Waals surface area contributed by atoms with Gasteiger partial charge in [0.25, 0.3) is 5.91 Å². The zero-order chi connectivity index (χ0) is 18.7. The first-order valence-corrected chi connectivity index (χ1v) is 10.00. The van der Waals surface area contributed by atoms with E-state index in [1.54, 1.807) is 12.1 Å². The van der Waals surface area contributed by atoms with Gasteiger partial charge in [-0.15, -0.1) is 11.3 Å². The maximum absolute atomic E-state index is 12.3. The van der Waals surface area contributed by atoms with Crippen molar-refractivity contribution in [2.24, 2.45) is 5.92 Å². The quantitative estimate of drug-likeness (QED) is 0.702. The third kappa shape index (κ3) is 4.27. The highest BCUT2D eigenvalue weighted by molar-refractivity contribution is 9.10. The summed E-state index contributed by atoms with van der Waals surface area (Å²) in [7, 11) is 1.36. The molecule has 0 bridgehead atoms. The smallest absolute Gasteiger partial charge is 0.341 e. The molecular formula is C19H20BrNO4S. The van der Waals surface area contributed by atoms with Crippen LogP contribution in [0.15, 0.2) is 28.7 Å². The number of nitrogens with one attached hydrogen (secondary N) is 1. The van der Waals surface area contributed by atoms with E-state index in [1.807, 2.05) is 12.1 Å². The van der Waals surface area contributed by atoms with E-state index >= 15 is 0 Å². The van der Waals surface area contributed by atoms with E-state index < -0.39 is 5.97 Å². The molecule has 0 spiro atoms. The summed E-state index contributed by atoms with van der Waals surface area (Å²) in [6.07, 6.45) is 2.80. The molecule has 0 saturated carbocycles. The molecule has 1 atom stereocenters. The summed E-state index contributed by atoms with van der Waals surface area (Å²) < 4.78 is 11.3. The number of anilines is 1. The van der Waals surface area contributed by atoms with Gasteiger partial charge < -0.3 is 14.8 Å². The second-order valence-electron chi connectivity index (χ2n) is 6.34. The van der Waals surface area contributed by atoms with Gasteiger partial charge in [-0.1, -0.05) is 28.9 Å². The van der Waals surface area contributed by atoms with Crippen LogP contribution >= 0.6 is 27.3 Å². The number of hydrogen-bond acceptors (Lipinski definition) is 5. The second kappa shape index (κ2) is 8.22. The lowest BCUT2D eigenvalue weighted by Crippen LogP contribution is -2.21. The van der Waals surface area contributed by atoms with E-state index in [2.05, 4.69) is 28.2 Å². The lowest BCUT2D eigenvalue weighted by Gasteiger charge is -2.18. The molecule has 138 valence electrons. The predicted molar refractivity (Wildman–Crippen MR) is 105 cm³/mol. The van der Waals surface area contributed by atoms with E-state index in [4.69, 9.17) is 9.47 Å². The molecule has 1 aliphatic rings. The maximum atomic E-state index is 12.3. The number of amides is 1. The predicted octanol–water partition coefficient (Wildman–Crippen LogP) is 4.44. The van der Waals surface area contributed by atoms with E-state index in [0.29, 0.717) is 22.2 Å². The highest BCUT2D eigenvalue weighted by Crippen LogP contribution is 2.40. The number of fused-ring (bicyclic) bond motifs is 1. The molecule has 0 fully saturated rings. The van der Waals surface area contributed by atoms with Crippen LogP contribution in [0.25, 0.3) is 0 Å². The number of carbonyl (C=O) groups is 2. The fraction of sp³-hybridized carbons (Fsp3) is 0.368. The maximum Gasteiger partial charge on any atom is 0.341 e. The van der Waals surface area contributed by atoms with Crippen LogP contribution in [0, 0.1) is 5.92 Å². The Bertz CT molecular complexity index is 833. The number of ether oxygens (including phenoxy) is 2. The molecule has 26 heavy (non-hydrogen) atoms. The molecule has 1 amide bonds. The van der Waals surface area contributed by atoms with Gasteiger partial charge in [-0.05, 0) is 48.9 Å². The highest BCUT2D eigenvalue weighted by Gasteiger charge is 2.28. The first-order valence-electron chi connectivity index (χ1n) is 8.39. The van der Waals surface area contributed by atoms with Crippen LogP contribution in [0.1, 0.15) is 34.1 Å². The summed E-state index contributed by atoms with van der Waals surface area (Å²) >= 11 is 4.83. The summed E-state index contributed by atoms with van der Waals surface area (Å²) in [5, 5.41) is 3.38. The molecule has 0 radical (unpaired) electrons. The zero-order valence-corrected chi connectivity index (χ0v) is 17.0. The van der Waals surface area contributed by atoms with Crippen LogP contribution < -0.4 is 10.1 Å². The van der Waals surface area contributed by atoms with Crippen molar-refractivity contribution < 1.29 is 19.1 Å². The summed E-state index contributed by atoms with van der Waals surface area (Å²) in [6.45, 7) is 2.07. The van der Waals surface area contributed by atoms with Gasteiger partial charge >= 0.3 is 5.97 Å². The Labute approximate surface area is 164 Å². The Balaban J connectivity index is 1.74. The Morgan fingerprint density at radius 1 is 1.38 bits per heavy atom. The van der Waals surface area contributed by atoms with Crippen LogP contribution in [-0.2, 0) is 22.4 Å². The van der Waals surface area contributed by atoms with Gasteiger partial charge in [0.05, 0.1) is 12.7 Å². The van der Waals surface area contributed by atoms with E-state index in [1.165, 1.54) is 18.4 Å². The topological polar surface area (TPSA) is 64.6 Å². The van der Waals surface area contributed by atoms with Crippen molar-refractivity contribution in [3.8, 4) is 5.75 Å². The Morgan fingerprint density at radius 3 is 2.92 bits per heavy atom. The number of hydrogen-bond donors (Lipinski definition) is 1. The molecule has 3 rings (SSSR count). The third-order valence-corrected chi connectivity index (χ3v) is 5.98. The molecule has 7 heteroatoms. The summed E-state index contributed by atoms with van der Waals surface area (Å²) in [5.74, 6) is 0.471. The number of benzene rings is 1. The van der Waals surface area contributed by atoms with Crippen molar-refractivity contribution in [1.82, 2.24) is 0 Å². The molecule has 5 nitrogen and oxygen atoms in total. The Hall–Kier alpha value is -1.86. The Kier molecular flexibility index (Phi) is 5.98. The van der Waals surface area contributed by atoms with Gasteiger partial charge in [-0.2, -0.15) is 0 Å². The fourth-order valence-corrected chi connectivity index (χ4v) is 4.82. The molecule has 2 aromatic rings. The van der Waals surface area contributed by atoms with E-state index in [9.17, 15) is 9.59 Å². The van der Waals surface area contributed by atoms with Gasteiger partial charge in [0.1, 0.15) is 10.8 Å². The Morgan fingerprint density at radius 2 is 2.19 bits per heavy atom. The minimum atomic E-state index is -0.403.